The Labute approximate surface area is 175 Å². The molecule has 0 saturated heterocycles. The Hall–Kier alpha value is -3.71. The van der Waals surface area contributed by atoms with E-state index in [1.807, 2.05) is 0 Å². The molecule has 0 aliphatic rings. The summed E-state index contributed by atoms with van der Waals surface area (Å²) in [5.41, 5.74) is -1.03. The molecule has 0 spiro atoms. The third-order valence-electron chi connectivity index (χ3n) is 4.45. The third-order valence-corrected chi connectivity index (χ3v) is 4.45. The largest absolute Gasteiger partial charge is 0.416 e. The van der Waals surface area contributed by atoms with Crippen LogP contribution in [-0.4, -0.2) is 40.7 Å². The predicted octanol–water partition coefficient (Wildman–Crippen LogP) is 4.16. The van der Waals surface area contributed by atoms with E-state index >= 15 is 0 Å². The lowest BCUT2D eigenvalue weighted by Gasteiger charge is -2.17. The van der Waals surface area contributed by atoms with Crippen molar-refractivity contribution in [1.82, 2.24) is 34.5 Å². The van der Waals surface area contributed by atoms with E-state index in [1.165, 1.54) is 23.4 Å². The van der Waals surface area contributed by atoms with Crippen LogP contribution in [0.25, 0.3) is 16.9 Å². The Morgan fingerprint density at radius 3 is 2.41 bits per heavy atom. The molecule has 14 heteroatoms. The van der Waals surface area contributed by atoms with Crippen LogP contribution in [0.15, 0.2) is 43.0 Å². The van der Waals surface area contributed by atoms with Gasteiger partial charge in [0, 0.05) is 17.8 Å². The highest BCUT2D eigenvalue weighted by Gasteiger charge is 2.34. The van der Waals surface area contributed by atoms with E-state index < -0.39 is 30.5 Å². The molecule has 0 saturated carbocycles. The SMILES string of the molecule is CC(Nc1c2cc(C(F)(F)F)ccc2nn1CC(F)(F)F)c1ncnn1-c1ncccn1. The number of benzene rings is 1. The van der Waals surface area contributed by atoms with Gasteiger partial charge in [0.1, 0.15) is 18.7 Å². The van der Waals surface area contributed by atoms with E-state index in [2.05, 4.69) is 30.5 Å². The molecule has 1 aromatic carbocycles. The van der Waals surface area contributed by atoms with Crippen molar-refractivity contribution in [1.29, 1.82) is 0 Å². The first kappa shape index (κ1) is 21.5. The molecule has 0 aliphatic carbocycles. The molecule has 1 unspecified atom stereocenters. The van der Waals surface area contributed by atoms with Gasteiger partial charge in [-0.25, -0.2) is 19.6 Å². The molecule has 32 heavy (non-hydrogen) atoms. The first-order valence-electron chi connectivity index (χ1n) is 9.11. The number of hydrogen-bond acceptors (Lipinski definition) is 6. The molecule has 3 heterocycles. The fourth-order valence-electron chi connectivity index (χ4n) is 3.11. The van der Waals surface area contributed by atoms with Crippen molar-refractivity contribution in [2.45, 2.75) is 31.9 Å². The monoisotopic (exact) mass is 456 g/mol. The van der Waals surface area contributed by atoms with E-state index in [-0.39, 0.29) is 28.5 Å². The van der Waals surface area contributed by atoms with Gasteiger partial charge in [-0.05, 0) is 31.2 Å². The average molecular weight is 456 g/mol. The van der Waals surface area contributed by atoms with Crippen LogP contribution in [0.4, 0.5) is 32.2 Å². The Morgan fingerprint density at radius 2 is 1.75 bits per heavy atom. The van der Waals surface area contributed by atoms with Crippen LogP contribution in [0.5, 0.6) is 0 Å². The average Bonchev–Trinajstić information content (AvgIpc) is 3.32. The Bertz CT molecular complexity index is 1230. The molecule has 0 aliphatic heterocycles. The smallest absolute Gasteiger partial charge is 0.360 e. The van der Waals surface area contributed by atoms with Crippen molar-refractivity contribution in [2.24, 2.45) is 0 Å². The van der Waals surface area contributed by atoms with Gasteiger partial charge in [-0.3, -0.25) is 0 Å². The number of nitrogens with zero attached hydrogens (tertiary/aromatic N) is 7. The summed E-state index contributed by atoms with van der Waals surface area (Å²) in [5, 5.41) is 10.5. The number of fused-ring (bicyclic) bond motifs is 1. The Kier molecular flexibility index (Phi) is 5.22. The van der Waals surface area contributed by atoms with E-state index in [4.69, 9.17) is 0 Å². The molecule has 168 valence electrons. The van der Waals surface area contributed by atoms with Crippen LogP contribution in [0.3, 0.4) is 0 Å². The van der Waals surface area contributed by atoms with Crippen LogP contribution in [-0.2, 0) is 12.7 Å². The first-order chi connectivity index (χ1) is 15.0. The molecule has 8 nitrogen and oxygen atoms in total. The Morgan fingerprint density at radius 1 is 1.03 bits per heavy atom. The molecule has 4 aromatic rings. The summed E-state index contributed by atoms with van der Waals surface area (Å²) in [6, 6.07) is 3.35. The van der Waals surface area contributed by atoms with Gasteiger partial charge in [-0.2, -0.15) is 41.2 Å². The number of aromatic nitrogens is 7. The molecule has 3 aromatic heterocycles. The van der Waals surface area contributed by atoms with Crippen LogP contribution in [0.1, 0.15) is 24.4 Å². The minimum absolute atomic E-state index is 0.0233. The van der Waals surface area contributed by atoms with Gasteiger partial charge in [-0.1, -0.05) is 0 Å². The van der Waals surface area contributed by atoms with E-state index in [0.29, 0.717) is 4.68 Å². The number of hydrogen-bond donors (Lipinski definition) is 1. The molecule has 1 atom stereocenters. The van der Waals surface area contributed by atoms with Gasteiger partial charge in [0.15, 0.2) is 5.82 Å². The summed E-state index contributed by atoms with van der Waals surface area (Å²) >= 11 is 0. The summed E-state index contributed by atoms with van der Waals surface area (Å²) < 4.78 is 80.7. The second kappa shape index (κ2) is 7.76. The van der Waals surface area contributed by atoms with Gasteiger partial charge in [0.05, 0.1) is 17.1 Å². The minimum Gasteiger partial charge on any atom is -0.360 e. The van der Waals surface area contributed by atoms with Gasteiger partial charge in [0.2, 0.25) is 0 Å². The second-order valence-electron chi connectivity index (χ2n) is 6.80. The maximum atomic E-state index is 13.2. The maximum absolute atomic E-state index is 13.2. The standard InChI is InChI=1S/C18H14F6N8/c1-10(14-27-9-28-32(14)16-25-5-2-6-26-16)29-15-12-7-11(18(22,23)24)3-4-13(12)30-31(15)8-17(19,20)21/h2-7,9-10,29H,8H2,1H3. The maximum Gasteiger partial charge on any atom is 0.416 e. The molecule has 0 bridgehead atoms. The summed E-state index contributed by atoms with van der Waals surface area (Å²) in [6.07, 6.45) is -5.18. The van der Waals surface area contributed by atoms with Gasteiger partial charge < -0.3 is 5.32 Å². The second-order valence-corrected chi connectivity index (χ2v) is 6.80. The van der Waals surface area contributed by atoms with Gasteiger partial charge >= 0.3 is 12.4 Å². The van der Waals surface area contributed by atoms with Crippen molar-refractivity contribution >= 4 is 16.7 Å². The number of alkyl halides is 6. The zero-order valence-electron chi connectivity index (χ0n) is 16.2. The fourth-order valence-corrected chi connectivity index (χ4v) is 3.11. The first-order valence-corrected chi connectivity index (χ1v) is 9.11. The quantitative estimate of drug-likeness (QED) is 0.454. The van der Waals surface area contributed by atoms with Crippen molar-refractivity contribution in [3.05, 3.63) is 54.4 Å². The molecular weight excluding hydrogens is 442 g/mol. The number of rotatable bonds is 5. The molecule has 4 rings (SSSR count). The molecular formula is C18H14F6N8. The zero-order chi connectivity index (χ0) is 23.1. The van der Waals surface area contributed by atoms with Crippen molar-refractivity contribution in [2.75, 3.05) is 5.32 Å². The van der Waals surface area contributed by atoms with Crippen molar-refractivity contribution < 1.29 is 26.3 Å². The van der Waals surface area contributed by atoms with Crippen LogP contribution < -0.4 is 5.32 Å². The summed E-state index contributed by atoms with van der Waals surface area (Å²) in [6.45, 7) is 0.0698. The van der Waals surface area contributed by atoms with Crippen LogP contribution >= 0.6 is 0 Å². The number of anilines is 1. The summed E-state index contributed by atoms with van der Waals surface area (Å²) in [7, 11) is 0. The third kappa shape index (κ3) is 4.33. The normalized spacial score (nSPS) is 13.5. The van der Waals surface area contributed by atoms with E-state index in [1.54, 1.807) is 13.0 Å². The van der Waals surface area contributed by atoms with Gasteiger partial charge in [-0.15, -0.1) is 0 Å². The highest BCUT2D eigenvalue weighted by Crippen LogP contribution is 2.35. The van der Waals surface area contributed by atoms with Crippen LogP contribution in [0, 0.1) is 0 Å². The highest BCUT2D eigenvalue weighted by atomic mass is 19.4. The fraction of sp³-hybridized carbons (Fsp3) is 0.278. The number of nitrogens with one attached hydrogen (secondary N) is 1. The molecule has 0 radical (unpaired) electrons. The summed E-state index contributed by atoms with van der Waals surface area (Å²) in [4.78, 5) is 12.2. The molecule has 0 fully saturated rings. The van der Waals surface area contributed by atoms with E-state index in [0.717, 1.165) is 18.2 Å². The Balaban J connectivity index is 1.77. The number of halogens is 6. The topological polar surface area (TPSA) is 86.3 Å². The van der Waals surface area contributed by atoms with Crippen LogP contribution in [0.2, 0.25) is 0 Å². The lowest BCUT2D eigenvalue weighted by molar-refractivity contribution is -0.142. The lowest BCUT2D eigenvalue weighted by atomic mass is 10.1. The van der Waals surface area contributed by atoms with Crippen molar-refractivity contribution in [3.8, 4) is 5.95 Å². The zero-order valence-corrected chi connectivity index (χ0v) is 16.2. The predicted molar refractivity (Wildman–Crippen MR) is 99.8 cm³/mol. The van der Waals surface area contributed by atoms with E-state index in [9.17, 15) is 26.3 Å². The van der Waals surface area contributed by atoms with Crippen molar-refractivity contribution in [3.63, 3.8) is 0 Å². The molecule has 1 N–H and O–H groups in total. The minimum atomic E-state index is -4.67. The summed E-state index contributed by atoms with van der Waals surface area (Å²) in [5.74, 6) is 0.164. The lowest BCUT2D eigenvalue weighted by Crippen LogP contribution is -2.22. The molecule has 0 amide bonds. The van der Waals surface area contributed by atoms with Gasteiger partial charge in [0.25, 0.3) is 5.95 Å². The highest BCUT2D eigenvalue weighted by molar-refractivity contribution is 5.91.